The fourth-order valence-corrected chi connectivity index (χ4v) is 6.35. The first-order valence-electron chi connectivity index (χ1n) is 14.7. The number of nitrogens with one attached hydrogen (secondary N) is 1. The van der Waals surface area contributed by atoms with Crippen molar-refractivity contribution in [3.63, 3.8) is 0 Å². The molecule has 0 aromatic heterocycles. The van der Waals surface area contributed by atoms with Gasteiger partial charge in [-0.05, 0) is 67.3 Å². The number of carbonyl (C=O) groups excluding carboxylic acids is 2. The fourth-order valence-electron chi connectivity index (χ4n) is 5.37. The Kier molecular flexibility index (Phi) is 11.5. The van der Waals surface area contributed by atoms with Crippen molar-refractivity contribution in [2.45, 2.75) is 64.1 Å². The Labute approximate surface area is 260 Å². The third-order valence-electron chi connectivity index (χ3n) is 7.60. The second-order valence-corrected chi connectivity index (χ2v) is 13.2. The normalized spacial score (nSPS) is 14.5. The van der Waals surface area contributed by atoms with Crippen LogP contribution in [0.3, 0.4) is 0 Å². The van der Waals surface area contributed by atoms with Crippen LogP contribution in [-0.2, 0) is 32.6 Å². The van der Waals surface area contributed by atoms with Gasteiger partial charge in [-0.3, -0.25) is 13.9 Å². The molecule has 3 aromatic carbocycles. The Bertz CT molecular complexity index is 1440. The second-order valence-electron chi connectivity index (χ2n) is 10.9. The molecule has 1 N–H and O–H groups in total. The van der Waals surface area contributed by atoms with Gasteiger partial charge in [-0.1, -0.05) is 73.3 Å². The molecule has 10 heteroatoms. The lowest BCUT2D eigenvalue weighted by atomic mass is 9.94. The van der Waals surface area contributed by atoms with E-state index in [0.29, 0.717) is 23.1 Å². The van der Waals surface area contributed by atoms with Gasteiger partial charge in [0.1, 0.15) is 18.3 Å². The number of nitrogens with zero attached hydrogens (tertiary/aromatic N) is 2. The monoisotopic (exact) mass is 625 g/mol. The molecule has 3 aromatic rings. The summed E-state index contributed by atoms with van der Waals surface area (Å²) in [5.74, 6) is -0.142. The molecule has 0 radical (unpaired) electrons. The third-order valence-corrected chi connectivity index (χ3v) is 9.00. The summed E-state index contributed by atoms with van der Waals surface area (Å²) in [4.78, 5) is 29.7. The molecule has 4 rings (SSSR count). The highest BCUT2D eigenvalue weighted by molar-refractivity contribution is 7.92. The van der Waals surface area contributed by atoms with Gasteiger partial charge < -0.3 is 15.0 Å². The van der Waals surface area contributed by atoms with Crippen LogP contribution in [0.5, 0.6) is 5.75 Å². The zero-order valence-electron chi connectivity index (χ0n) is 24.7. The highest BCUT2D eigenvalue weighted by Crippen LogP contribution is 2.24. The fraction of sp³-hybridized carbons (Fsp3) is 0.394. The van der Waals surface area contributed by atoms with Crippen molar-refractivity contribution in [2.75, 3.05) is 23.7 Å². The molecule has 0 saturated heterocycles. The molecule has 2 amide bonds. The van der Waals surface area contributed by atoms with Gasteiger partial charge >= 0.3 is 0 Å². The second kappa shape index (κ2) is 15.3. The van der Waals surface area contributed by atoms with Crippen molar-refractivity contribution in [2.24, 2.45) is 0 Å². The van der Waals surface area contributed by atoms with Crippen molar-refractivity contribution >= 4 is 39.1 Å². The minimum atomic E-state index is -3.85. The van der Waals surface area contributed by atoms with E-state index in [-0.39, 0.29) is 24.9 Å². The zero-order chi connectivity index (χ0) is 30.8. The van der Waals surface area contributed by atoms with Gasteiger partial charge in [0, 0.05) is 24.0 Å². The molecular formula is C33H40ClN3O5S. The van der Waals surface area contributed by atoms with Crippen LogP contribution in [0.2, 0.25) is 5.02 Å². The molecule has 0 heterocycles. The molecule has 0 aliphatic heterocycles. The lowest BCUT2D eigenvalue weighted by Crippen LogP contribution is -2.55. The van der Waals surface area contributed by atoms with E-state index in [1.165, 1.54) is 4.90 Å². The average Bonchev–Trinajstić information content (AvgIpc) is 2.99. The van der Waals surface area contributed by atoms with Gasteiger partial charge in [0.2, 0.25) is 21.8 Å². The Morgan fingerprint density at radius 3 is 2.19 bits per heavy atom. The predicted octanol–water partition coefficient (Wildman–Crippen LogP) is 5.59. The predicted molar refractivity (Wildman–Crippen MR) is 171 cm³/mol. The quantitative estimate of drug-likeness (QED) is 0.267. The summed E-state index contributed by atoms with van der Waals surface area (Å²) in [5, 5.41) is 3.76. The van der Waals surface area contributed by atoms with Crippen molar-refractivity contribution < 1.29 is 22.7 Å². The van der Waals surface area contributed by atoms with E-state index in [4.69, 9.17) is 16.3 Å². The lowest BCUT2D eigenvalue weighted by Gasteiger charge is -2.35. The molecule has 1 fully saturated rings. The summed E-state index contributed by atoms with van der Waals surface area (Å²) < 4.78 is 32.5. The maximum absolute atomic E-state index is 14.2. The van der Waals surface area contributed by atoms with E-state index >= 15 is 0 Å². The van der Waals surface area contributed by atoms with Crippen LogP contribution in [0, 0.1) is 0 Å². The van der Waals surface area contributed by atoms with Crippen LogP contribution in [0.25, 0.3) is 0 Å². The molecular weight excluding hydrogens is 586 g/mol. The molecule has 1 atom stereocenters. The smallest absolute Gasteiger partial charge is 0.244 e. The van der Waals surface area contributed by atoms with Crippen LogP contribution in [0.15, 0.2) is 78.9 Å². The van der Waals surface area contributed by atoms with Crippen LogP contribution in [-0.4, -0.2) is 56.6 Å². The molecule has 1 aliphatic rings. The third kappa shape index (κ3) is 9.46. The van der Waals surface area contributed by atoms with E-state index in [0.717, 1.165) is 53.8 Å². The number of carbonyl (C=O) groups is 2. The summed E-state index contributed by atoms with van der Waals surface area (Å²) in [6, 6.07) is 22.4. The van der Waals surface area contributed by atoms with Gasteiger partial charge in [-0.2, -0.15) is 0 Å². The zero-order valence-corrected chi connectivity index (χ0v) is 26.3. The SMILES string of the molecule is CCOc1ccc(N(CC(=O)N(Cc2ccc(Cl)cc2)[C@@H](Cc2ccccc2)C(=O)NC2CCCCC2)S(C)(=O)=O)cc1. The minimum Gasteiger partial charge on any atom is -0.494 e. The number of amides is 2. The van der Waals surface area contributed by atoms with Gasteiger partial charge in [-0.15, -0.1) is 0 Å². The first kappa shape index (κ1) is 32.4. The van der Waals surface area contributed by atoms with E-state index in [1.807, 2.05) is 49.4 Å². The van der Waals surface area contributed by atoms with E-state index < -0.39 is 28.5 Å². The molecule has 230 valence electrons. The maximum atomic E-state index is 14.2. The van der Waals surface area contributed by atoms with E-state index in [1.54, 1.807) is 36.4 Å². The van der Waals surface area contributed by atoms with E-state index in [9.17, 15) is 18.0 Å². The largest absolute Gasteiger partial charge is 0.494 e. The van der Waals surface area contributed by atoms with Crippen molar-refractivity contribution in [1.82, 2.24) is 10.2 Å². The molecule has 1 aliphatic carbocycles. The molecule has 0 bridgehead atoms. The summed E-state index contributed by atoms with van der Waals surface area (Å²) >= 11 is 6.13. The van der Waals surface area contributed by atoms with E-state index in [2.05, 4.69) is 5.32 Å². The highest BCUT2D eigenvalue weighted by Gasteiger charge is 2.34. The molecule has 0 spiro atoms. The van der Waals surface area contributed by atoms with Gasteiger partial charge in [-0.25, -0.2) is 8.42 Å². The Morgan fingerprint density at radius 1 is 0.930 bits per heavy atom. The van der Waals surface area contributed by atoms with Gasteiger partial charge in [0.05, 0.1) is 18.6 Å². The number of benzene rings is 3. The first-order chi connectivity index (χ1) is 20.6. The first-order valence-corrected chi connectivity index (χ1v) is 17.0. The van der Waals surface area contributed by atoms with Crippen molar-refractivity contribution in [3.8, 4) is 5.75 Å². The lowest BCUT2D eigenvalue weighted by molar-refractivity contribution is -0.140. The summed E-state index contributed by atoms with van der Waals surface area (Å²) in [6.45, 7) is 1.97. The topological polar surface area (TPSA) is 96.0 Å². The summed E-state index contributed by atoms with van der Waals surface area (Å²) in [7, 11) is -3.85. The molecule has 8 nitrogen and oxygen atoms in total. The van der Waals surface area contributed by atoms with Gasteiger partial charge in [0.25, 0.3) is 0 Å². The summed E-state index contributed by atoms with van der Waals surface area (Å²) in [6.07, 6.45) is 6.38. The van der Waals surface area contributed by atoms with Crippen molar-refractivity contribution in [1.29, 1.82) is 0 Å². The van der Waals surface area contributed by atoms with Crippen LogP contribution >= 0.6 is 11.6 Å². The number of halogens is 1. The van der Waals surface area contributed by atoms with Crippen LogP contribution in [0.4, 0.5) is 5.69 Å². The van der Waals surface area contributed by atoms with Crippen molar-refractivity contribution in [3.05, 3.63) is 95.0 Å². The maximum Gasteiger partial charge on any atom is 0.244 e. The average molecular weight is 626 g/mol. The van der Waals surface area contributed by atoms with Crippen LogP contribution < -0.4 is 14.4 Å². The number of hydrogen-bond donors (Lipinski definition) is 1. The van der Waals surface area contributed by atoms with Gasteiger partial charge in [0.15, 0.2) is 0 Å². The molecule has 43 heavy (non-hydrogen) atoms. The highest BCUT2D eigenvalue weighted by atomic mass is 35.5. The summed E-state index contributed by atoms with van der Waals surface area (Å²) in [5.41, 5.74) is 2.00. The standard InChI is InChI=1S/C33H40ClN3O5S/c1-3-42-30-20-18-29(19-21-30)37(43(2,40)41)24-32(38)36(23-26-14-16-27(34)17-15-26)31(22-25-10-6-4-7-11-25)33(39)35-28-12-8-5-9-13-28/h4,6-7,10-11,14-21,28,31H,3,5,8-9,12-13,22-24H2,1-2H3,(H,35,39)/t31-/m0/s1. The molecule has 1 saturated carbocycles. The number of hydrogen-bond acceptors (Lipinski definition) is 5. The number of ether oxygens (including phenoxy) is 1. The number of anilines is 1. The van der Waals surface area contributed by atoms with Crippen LogP contribution in [0.1, 0.15) is 50.2 Å². The molecule has 0 unspecified atom stereocenters. The Hall–Kier alpha value is -3.56. The minimum absolute atomic E-state index is 0.0448. The number of sulfonamides is 1. The number of rotatable bonds is 13. The Balaban J connectivity index is 1.70. The Morgan fingerprint density at radius 2 is 1.58 bits per heavy atom.